The van der Waals surface area contributed by atoms with E-state index in [1.165, 1.54) is 0 Å². The van der Waals surface area contributed by atoms with E-state index in [-0.39, 0.29) is 19.1 Å². The lowest BCUT2D eigenvalue weighted by Gasteiger charge is -2.17. The van der Waals surface area contributed by atoms with Gasteiger partial charge in [0, 0.05) is 31.3 Å². The van der Waals surface area contributed by atoms with E-state index in [9.17, 15) is 19.5 Å². The monoisotopic (exact) mass is 382 g/mol. The highest BCUT2D eigenvalue weighted by molar-refractivity contribution is 5.95. The second kappa shape index (κ2) is 9.03. The van der Waals surface area contributed by atoms with Crippen molar-refractivity contribution in [1.29, 1.82) is 0 Å². The van der Waals surface area contributed by atoms with E-state index in [0.717, 1.165) is 12.1 Å². The van der Waals surface area contributed by atoms with Crippen molar-refractivity contribution in [3.05, 3.63) is 60.2 Å². The van der Waals surface area contributed by atoms with E-state index in [4.69, 9.17) is 4.74 Å². The third-order valence-electron chi connectivity index (χ3n) is 4.58. The molecule has 7 heteroatoms. The van der Waals surface area contributed by atoms with Crippen molar-refractivity contribution in [3.8, 4) is 5.75 Å². The van der Waals surface area contributed by atoms with Crippen LogP contribution in [0.15, 0.2) is 54.6 Å². The molecule has 1 fully saturated rings. The Kier molecular flexibility index (Phi) is 6.26. The van der Waals surface area contributed by atoms with Crippen LogP contribution in [0.25, 0.3) is 0 Å². The minimum Gasteiger partial charge on any atom is -0.484 e. The molecule has 0 bridgehead atoms. The molecule has 146 valence electrons. The van der Waals surface area contributed by atoms with Crippen LogP contribution < -0.4 is 15.0 Å². The number of nitrogens with one attached hydrogen (secondary N) is 1. The predicted molar refractivity (Wildman–Crippen MR) is 103 cm³/mol. The second-order valence-electron chi connectivity index (χ2n) is 6.54. The minimum atomic E-state index is -1.00. The van der Waals surface area contributed by atoms with Crippen LogP contribution in [0.2, 0.25) is 0 Å². The van der Waals surface area contributed by atoms with E-state index in [1.54, 1.807) is 53.4 Å². The molecule has 0 aliphatic carbocycles. The molecule has 0 saturated carbocycles. The molecule has 0 radical (unpaired) electrons. The van der Waals surface area contributed by atoms with Gasteiger partial charge in [0.1, 0.15) is 5.75 Å². The lowest BCUT2D eigenvalue weighted by Crippen LogP contribution is -2.34. The van der Waals surface area contributed by atoms with Crippen molar-refractivity contribution in [2.24, 2.45) is 0 Å². The first kappa shape index (κ1) is 19.4. The van der Waals surface area contributed by atoms with E-state index in [2.05, 4.69) is 5.32 Å². The lowest BCUT2D eigenvalue weighted by atomic mass is 9.99. The average Bonchev–Trinajstić information content (AvgIpc) is 3.13. The van der Waals surface area contributed by atoms with E-state index < -0.39 is 17.8 Å². The van der Waals surface area contributed by atoms with Crippen LogP contribution in [0.3, 0.4) is 0 Å². The number of ether oxygens (including phenoxy) is 1. The number of amides is 2. The summed E-state index contributed by atoms with van der Waals surface area (Å²) in [5.74, 6) is -1.68. The summed E-state index contributed by atoms with van der Waals surface area (Å²) in [6, 6.07) is 15.8. The zero-order valence-corrected chi connectivity index (χ0v) is 15.3. The van der Waals surface area contributed by atoms with Crippen molar-refractivity contribution < 1.29 is 24.2 Å². The summed E-state index contributed by atoms with van der Waals surface area (Å²) in [4.78, 5) is 37.1. The Bertz CT molecular complexity index is 853. The Balaban J connectivity index is 1.53. The Morgan fingerprint density at radius 1 is 1.14 bits per heavy atom. The molecule has 0 spiro atoms. The fourth-order valence-electron chi connectivity index (χ4n) is 3.11. The Morgan fingerprint density at radius 3 is 2.61 bits per heavy atom. The maximum Gasteiger partial charge on any atom is 0.312 e. The zero-order chi connectivity index (χ0) is 19.9. The molecular weight excluding hydrogens is 360 g/mol. The van der Waals surface area contributed by atoms with Gasteiger partial charge in [-0.1, -0.05) is 36.4 Å². The number of carbonyl (C=O) groups excluding carboxylic acids is 2. The molecule has 0 aromatic heterocycles. The molecule has 2 N–H and O–H groups in total. The first-order chi connectivity index (χ1) is 13.5. The van der Waals surface area contributed by atoms with Crippen LogP contribution in [0.1, 0.15) is 24.3 Å². The van der Waals surface area contributed by atoms with Crippen LogP contribution in [0, 0.1) is 0 Å². The summed E-state index contributed by atoms with van der Waals surface area (Å²) < 4.78 is 5.50. The van der Waals surface area contributed by atoms with Gasteiger partial charge in [0.25, 0.3) is 5.91 Å². The van der Waals surface area contributed by atoms with Crippen molar-refractivity contribution in [2.75, 3.05) is 24.6 Å². The molecule has 1 heterocycles. The summed E-state index contributed by atoms with van der Waals surface area (Å²) in [6.45, 7) is 0.418. The van der Waals surface area contributed by atoms with Crippen LogP contribution in [-0.4, -0.2) is 42.6 Å². The predicted octanol–water partition coefficient (Wildman–Crippen LogP) is 2.18. The molecule has 1 unspecified atom stereocenters. The Labute approximate surface area is 162 Å². The van der Waals surface area contributed by atoms with Crippen molar-refractivity contribution in [1.82, 2.24) is 5.32 Å². The average molecular weight is 382 g/mol. The number of carboxylic acids is 1. The number of hydrogen-bond acceptors (Lipinski definition) is 4. The fourth-order valence-corrected chi connectivity index (χ4v) is 3.11. The summed E-state index contributed by atoms with van der Waals surface area (Å²) in [6.07, 6.45) is 1.37. The molecule has 2 aromatic carbocycles. The van der Waals surface area contributed by atoms with Crippen LogP contribution in [-0.2, 0) is 14.4 Å². The highest BCUT2D eigenvalue weighted by Crippen LogP contribution is 2.25. The molecule has 28 heavy (non-hydrogen) atoms. The largest absolute Gasteiger partial charge is 0.484 e. The summed E-state index contributed by atoms with van der Waals surface area (Å²) in [5, 5.41) is 12.0. The lowest BCUT2D eigenvalue weighted by molar-refractivity contribution is -0.138. The normalized spacial score (nSPS) is 14.6. The molecule has 2 aromatic rings. The molecule has 1 atom stereocenters. The van der Waals surface area contributed by atoms with E-state index in [1.807, 2.05) is 6.07 Å². The number of rotatable bonds is 8. The molecule has 3 rings (SSSR count). The molecule has 1 aliphatic rings. The molecule has 7 nitrogen and oxygen atoms in total. The quantitative estimate of drug-likeness (QED) is 0.730. The summed E-state index contributed by atoms with van der Waals surface area (Å²) in [5.41, 5.74) is 1.37. The number of aliphatic carboxylic acids is 1. The first-order valence-corrected chi connectivity index (χ1v) is 9.12. The molecule has 2 amide bonds. The number of carboxylic acid groups (broad SMARTS) is 1. The van der Waals surface area contributed by atoms with Crippen molar-refractivity contribution >= 4 is 23.5 Å². The zero-order valence-electron chi connectivity index (χ0n) is 15.3. The van der Waals surface area contributed by atoms with Gasteiger partial charge in [-0.15, -0.1) is 0 Å². The summed E-state index contributed by atoms with van der Waals surface area (Å²) >= 11 is 0. The van der Waals surface area contributed by atoms with Crippen LogP contribution >= 0.6 is 0 Å². The number of hydrogen-bond donors (Lipinski definition) is 2. The van der Waals surface area contributed by atoms with Crippen LogP contribution in [0.4, 0.5) is 5.69 Å². The van der Waals surface area contributed by atoms with Crippen molar-refractivity contribution in [3.63, 3.8) is 0 Å². The Hall–Kier alpha value is -3.35. The fraction of sp³-hybridized carbons (Fsp3) is 0.286. The van der Waals surface area contributed by atoms with Crippen molar-refractivity contribution in [2.45, 2.75) is 18.8 Å². The topological polar surface area (TPSA) is 95.9 Å². The van der Waals surface area contributed by atoms with E-state index in [0.29, 0.717) is 24.3 Å². The highest BCUT2D eigenvalue weighted by Gasteiger charge is 2.22. The van der Waals surface area contributed by atoms with Gasteiger partial charge in [0.05, 0.1) is 5.92 Å². The standard InChI is InChI=1S/C21H22N2O5/c24-19(22-13-18(21(26)27)15-6-2-1-3-7-15)14-28-17-9-4-8-16(12-17)23-11-5-10-20(23)25/h1-4,6-9,12,18H,5,10-11,13-14H2,(H,22,24)(H,26,27). The number of benzene rings is 2. The first-order valence-electron chi connectivity index (χ1n) is 9.12. The number of nitrogens with zero attached hydrogens (tertiary/aromatic N) is 1. The van der Waals surface area contributed by atoms with Crippen LogP contribution in [0.5, 0.6) is 5.75 Å². The molecule has 1 aliphatic heterocycles. The van der Waals surface area contributed by atoms with Gasteiger partial charge in [-0.2, -0.15) is 0 Å². The third kappa shape index (κ3) is 4.88. The maximum absolute atomic E-state index is 12.1. The SMILES string of the molecule is O=C(COc1cccc(N2CCCC2=O)c1)NCC(C(=O)O)c1ccccc1. The second-order valence-corrected chi connectivity index (χ2v) is 6.54. The van der Waals surface area contributed by atoms with Gasteiger partial charge in [0.15, 0.2) is 6.61 Å². The molecular formula is C21H22N2O5. The highest BCUT2D eigenvalue weighted by atomic mass is 16.5. The third-order valence-corrected chi connectivity index (χ3v) is 4.58. The Morgan fingerprint density at radius 2 is 1.93 bits per heavy atom. The molecule has 1 saturated heterocycles. The smallest absolute Gasteiger partial charge is 0.312 e. The summed E-state index contributed by atoms with van der Waals surface area (Å²) in [7, 11) is 0. The van der Waals surface area contributed by atoms with Gasteiger partial charge >= 0.3 is 5.97 Å². The maximum atomic E-state index is 12.1. The van der Waals surface area contributed by atoms with E-state index >= 15 is 0 Å². The number of anilines is 1. The van der Waals surface area contributed by atoms with Gasteiger partial charge < -0.3 is 20.1 Å². The van der Waals surface area contributed by atoms with Gasteiger partial charge in [-0.05, 0) is 24.1 Å². The van der Waals surface area contributed by atoms with Gasteiger partial charge in [0.2, 0.25) is 5.91 Å². The number of carbonyl (C=O) groups is 3. The van der Waals surface area contributed by atoms with Gasteiger partial charge in [-0.25, -0.2) is 0 Å². The minimum absolute atomic E-state index is 0.0239. The van der Waals surface area contributed by atoms with Gasteiger partial charge in [-0.3, -0.25) is 14.4 Å².